The summed E-state index contributed by atoms with van der Waals surface area (Å²) in [4.78, 5) is 29.9. The lowest BCUT2D eigenvalue weighted by Crippen LogP contribution is -2.49. The number of hydrogen-bond donors (Lipinski definition) is 0. The Bertz CT molecular complexity index is 1250. The fourth-order valence-corrected chi connectivity index (χ4v) is 4.72. The number of amides is 1. The van der Waals surface area contributed by atoms with Crippen molar-refractivity contribution in [2.75, 3.05) is 31.1 Å². The number of halogens is 1. The van der Waals surface area contributed by atoms with E-state index >= 15 is 0 Å². The first kappa shape index (κ1) is 21.5. The van der Waals surface area contributed by atoms with Crippen molar-refractivity contribution >= 4 is 23.2 Å². The Morgan fingerprint density at radius 2 is 1.76 bits per heavy atom. The number of piperazine rings is 1. The third-order valence-electron chi connectivity index (χ3n) is 6.58. The Hall–Kier alpha value is -3.32. The number of para-hydroxylation sites is 2. The summed E-state index contributed by atoms with van der Waals surface area (Å²) in [6.07, 6.45) is 1.67. The summed E-state index contributed by atoms with van der Waals surface area (Å²) < 4.78 is 7.30. The van der Waals surface area contributed by atoms with Gasteiger partial charge in [-0.25, -0.2) is 0 Å². The number of ether oxygens (including phenoxy) is 1. The summed E-state index contributed by atoms with van der Waals surface area (Å²) in [6.45, 7) is 6.31. The SMILES string of the molecule is C[C@H]1Oc2c(C(=O)N3CCN(c4cnn(-c5ccccc5)c(=O)c4Cl)CC3)cccc2[C@@H]1C. The van der Waals surface area contributed by atoms with E-state index in [-0.39, 0.29) is 28.5 Å². The molecule has 0 spiro atoms. The van der Waals surface area contributed by atoms with Gasteiger partial charge in [0.25, 0.3) is 11.5 Å². The molecular formula is C25H25ClN4O3. The average Bonchev–Trinajstić information content (AvgIpc) is 3.14. The molecule has 1 saturated heterocycles. The number of aromatic nitrogens is 2. The molecule has 0 unspecified atom stereocenters. The molecule has 2 aliphatic heterocycles. The van der Waals surface area contributed by atoms with Gasteiger partial charge < -0.3 is 14.5 Å². The van der Waals surface area contributed by atoms with Crippen molar-refractivity contribution in [2.45, 2.75) is 25.9 Å². The first-order chi connectivity index (χ1) is 16.0. The molecule has 0 aliphatic carbocycles. The van der Waals surface area contributed by atoms with Gasteiger partial charge in [0.05, 0.1) is 23.1 Å². The Morgan fingerprint density at radius 1 is 1.03 bits per heavy atom. The quantitative estimate of drug-likeness (QED) is 0.590. The highest BCUT2D eigenvalue weighted by Crippen LogP contribution is 2.40. The largest absolute Gasteiger partial charge is 0.489 e. The summed E-state index contributed by atoms with van der Waals surface area (Å²) in [5.74, 6) is 0.940. The van der Waals surface area contributed by atoms with Crippen LogP contribution < -0.4 is 15.2 Å². The maximum absolute atomic E-state index is 13.3. The van der Waals surface area contributed by atoms with E-state index in [1.807, 2.05) is 53.1 Å². The molecule has 2 aliphatic rings. The molecule has 33 heavy (non-hydrogen) atoms. The van der Waals surface area contributed by atoms with Crippen molar-refractivity contribution in [3.8, 4) is 11.4 Å². The Morgan fingerprint density at radius 3 is 2.48 bits per heavy atom. The number of benzene rings is 2. The second kappa shape index (κ2) is 8.56. The van der Waals surface area contributed by atoms with Crippen LogP contribution in [0.2, 0.25) is 5.02 Å². The lowest BCUT2D eigenvalue weighted by Gasteiger charge is -2.36. The van der Waals surface area contributed by atoms with Crippen molar-refractivity contribution < 1.29 is 9.53 Å². The zero-order valence-electron chi connectivity index (χ0n) is 18.6. The number of anilines is 1. The zero-order chi connectivity index (χ0) is 23.1. The Kier molecular flexibility index (Phi) is 5.58. The van der Waals surface area contributed by atoms with E-state index in [0.29, 0.717) is 48.9 Å². The second-order valence-electron chi connectivity index (χ2n) is 8.51. The van der Waals surface area contributed by atoms with Crippen LogP contribution >= 0.6 is 11.6 Å². The van der Waals surface area contributed by atoms with Crippen LogP contribution in [0.3, 0.4) is 0 Å². The topological polar surface area (TPSA) is 67.7 Å². The van der Waals surface area contributed by atoms with Gasteiger partial charge in [-0.2, -0.15) is 9.78 Å². The highest BCUT2D eigenvalue weighted by molar-refractivity contribution is 6.33. The van der Waals surface area contributed by atoms with E-state index in [1.165, 1.54) is 4.68 Å². The van der Waals surface area contributed by atoms with Gasteiger partial charge in [-0.05, 0) is 25.1 Å². The fraction of sp³-hybridized carbons (Fsp3) is 0.320. The molecule has 7 nitrogen and oxygen atoms in total. The second-order valence-corrected chi connectivity index (χ2v) is 8.89. The normalized spacial score (nSPS) is 19.8. The monoisotopic (exact) mass is 464 g/mol. The molecule has 8 heteroatoms. The van der Waals surface area contributed by atoms with E-state index in [9.17, 15) is 9.59 Å². The number of carbonyl (C=O) groups is 1. The summed E-state index contributed by atoms with van der Waals surface area (Å²) in [5.41, 5.74) is 2.59. The lowest BCUT2D eigenvalue weighted by molar-refractivity contribution is 0.0741. The zero-order valence-corrected chi connectivity index (χ0v) is 19.3. The predicted molar refractivity (Wildman–Crippen MR) is 128 cm³/mol. The molecule has 170 valence electrons. The van der Waals surface area contributed by atoms with Gasteiger partial charge in [0, 0.05) is 37.7 Å². The van der Waals surface area contributed by atoms with Crippen molar-refractivity contribution in [1.29, 1.82) is 0 Å². The molecule has 1 fully saturated rings. The van der Waals surface area contributed by atoms with Crippen LogP contribution in [0.15, 0.2) is 59.5 Å². The van der Waals surface area contributed by atoms with Crippen molar-refractivity contribution in [3.63, 3.8) is 0 Å². The number of rotatable bonds is 3. The Balaban J connectivity index is 1.32. The maximum atomic E-state index is 13.3. The summed E-state index contributed by atoms with van der Waals surface area (Å²) in [6, 6.07) is 15.0. The van der Waals surface area contributed by atoms with Crippen molar-refractivity contribution in [2.24, 2.45) is 0 Å². The molecule has 5 rings (SSSR count). The lowest BCUT2D eigenvalue weighted by atomic mass is 9.96. The summed E-state index contributed by atoms with van der Waals surface area (Å²) in [5, 5.41) is 4.45. The number of nitrogens with zero attached hydrogens (tertiary/aromatic N) is 4. The van der Waals surface area contributed by atoms with Crippen molar-refractivity contribution in [1.82, 2.24) is 14.7 Å². The van der Waals surface area contributed by atoms with E-state index in [4.69, 9.17) is 16.3 Å². The van der Waals surface area contributed by atoms with Gasteiger partial charge in [-0.15, -0.1) is 0 Å². The molecule has 0 radical (unpaired) electrons. The molecule has 2 aromatic carbocycles. The predicted octanol–water partition coefficient (Wildman–Crippen LogP) is 3.73. The van der Waals surface area contributed by atoms with Crippen molar-refractivity contribution in [3.05, 3.63) is 81.2 Å². The number of hydrogen-bond acceptors (Lipinski definition) is 5. The molecule has 3 aromatic rings. The van der Waals surface area contributed by atoms with Gasteiger partial charge in [0.15, 0.2) is 0 Å². The molecule has 3 heterocycles. The van der Waals surface area contributed by atoms with Gasteiger partial charge in [0.2, 0.25) is 0 Å². The van der Waals surface area contributed by atoms with Crippen LogP contribution in [0.4, 0.5) is 5.69 Å². The van der Waals surface area contributed by atoms with Gasteiger partial charge in [-0.1, -0.05) is 48.9 Å². The standard InChI is InChI=1S/C25H25ClN4O3/c1-16-17(2)33-23-19(16)9-6-10-20(23)24(31)29-13-11-28(12-14-29)21-15-27-30(25(32)22(21)26)18-7-4-3-5-8-18/h3-10,15-17H,11-14H2,1-2H3/t16-,17-/m1/s1. The molecule has 1 aromatic heterocycles. The van der Waals surface area contributed by atoms with E-state index in [2.05, 4.69) is 12.0 Å². The highest BCUT2D eigenvalue weighted by Gasteiger charge is 2.33. The first-order valence-electron chi connectivity index (χ1n) is 11.1. The summed E-state index contributed by atoms with van der Waals surface area (Å²) >= 11 is 6.46. The van der Waals surface area contributed by atoms with Crippen LogP contribution in [0, 0.1) is 0 Å². The molecular weight excluding hydrogens is 440 g/mol. The third-order valence-corrected chi connectivity index (χ3v) is 6.94. The molecule has 0 N–H and O–H groups in total. The van der Waals surface area contributed by atoms with Gasteiger partial charge >= 0.3 is 0 Å². The molecule has 0 bridgehead atoms. The fourth-order valence-electron chi connectivity index (χ4n) is 4.47. The van der Waals surface area contributed by atoms with E-state index in [0.717, 1.165) is 5.56 Å². The average molecular weight is 465 g/mol. The maximum Gasteiger partial charge on any atom is 0.292 e. The third kappa shape index (κ3) is 3.76. The first-order valence-corrected chi connectivity index (χ1v) is 11.5. The molecule has 0 saturated carbocycles. The molecule has 2 atom stereocenters. The van der Waals surface area contributed by atoms with Crippen LogP contribution in [0.25, 0.3) is 5.69 Å². The minimum absolute atomic E-state index is 0.0310. The number of fused-ring (bicyclic) bond motifs is 1. The summed E-state index contributed by atoms with van der Waals surface area (Å²) in [7, 11) is 0. The Labute approximate surface area is 197 Å². The van der Waals surface area contributed by atoms with Crippen LogP contribution in [0.5, 0.6) is 5.75 Å². The van der Waals surface area contributed by atoms with Crippen LogP contribution in [-0.4, -0.2) is 52.9 Å². The van der Waals surface area contributed by atoms with E-state index < -0.39 is 0 Å². The highest BCUT2D eigenvalue weighted by atomic mass is 35.5. The van der Waals surface area contributed by atoms with Gasteiger partial charge in [0.1, 0.15) is 16.9 Å². The van der Waals surface area contributed by atoms with Gasteiger partial charge in [-0.3, -0.25) is 9.59 Å². The van der Waals surface area contributed by atoms with Crippen LogP contribution in [0.1, 0.15) is 35.7 Å². The number of carbonyl (C=O) groups excluding carboxylic acids is 1. The minimum Gasteiger partial charge on any atom is -0.489 e. The van der Waals surface area contributed by atoms with E-state index in [1.54, 1.807) is 18.3 Å². The molecule has 1 amide bonds. The smallest absolute Gasteiger partial charge is 0.292 e. The minimum atomic E-state index is -0.362. The van der Waals surface area contributed by atoms with Crippen LogP contribution in [-0.2, 0) is 0 Å².